The summed E-state index contributed by atoms with van der Waals surface area (Å²) in [6.07, 6.45) is 1.90. The van der Waals surface area contributed by atoms with Crippen molar-refractivity contribution in [3.8, 4) is 11.5 Å². The third-order valence-electron chi connectivity index (χ3n) is 6.94. The molecule has 9 nitrogen and oxygen atoms in total. The van der Waals surface area contributed by atoms with Crippen LogP contribution in [0.5, 0.6) is 11.5 Å². The maximum Gasteiger partial charge on any atom is 0.244 e. The Balaban J connectivity index is 2.10. The summed E-state index contributed by atoms with van der Waals surface area (Å²) in [5.74, 6) is -0.254. The van der Waals surface area contributed by atoms with Crippen molar-refractivity contribution in [1.29, 1.82) is 0 Å². The van der Waals surface area contributed by atoms with E-state index in [0.717, 1.165) is 16.1 Å². The standard InChI is InChI=1S/C31H37Cl2N3O6S/c1-6-21(2)34-31(38)27(17-22-10-8-7-9-11-22)35(19-23-12-14-25(32)26(33)16-23)30(37)20-36(43(5,39)40)24-13-15-28(41-3)29(18-24)42-4/h7-16,18,21,27H,6,17,19-20H2,1-5H3,(H,34,38)/t21-,27+/m0/s1. The Bertz CT molecular complexity index is 1520. The molecule has 0 aromatic heterocycles. The summed E-state index contributed by atoms with van der Waals surface area (Å²) in [5.41, 5.74) is 1.65. The van der Waals surface area contributed by atoms with E-state index in [0.29, 0.717) is 33.5 Å². The van der Waals surface area contributed by atoms with Crippen LogP contribution in [0.2, 0.25) is 10.0 Å². The number of anilines is 1. The number of nitrogens with one attached hydrogen (secondary N) is 1. The van der Waals surface area contributed by atoms with Gasteiger partial charge in [-0.3, -0.25) is 13.9 Å². The number of rotatable bonds is 14. The Labute approximate surface area is 263 Å². The van der Waals surface area contributed by atoms with Crippen LogP contribution in [0.25, 0.3) is 0 Å². The number of halogens is 2. The Morgan fingerprint density at radius 1 is 0.907 bits per heavy atom. The highest BCUT2D eigenvalue weighted by Crippen LogP contribution is 2.33. The van der Waals surface area contributed by atoms with Crippen LogP contribution in [-0.2, 0) is 32.6 Å². The minimum atomic E-state index is -3.95. The third kappa shape index (κ3) is 9.26. The summed E-state index contributed by atoms with van der Waals surface area (Å²) in [7, 11) is -1.06. The lowest BCUT2D eigenvalue weighted by molar-refractivity contribution is -0.140. The van der Waals surface area contributed by atoms with Crippen molar-refractivity contribution < 1.29 is 27.5 Å². The summed E-state index contributed by atoms with van der Waals surface area (Å²) < 4.78 is 37.7. The maximum atomic E-state index is 14.2. The molecule has 0 aliphatic carbocycles. The zero-order valence-electron chi connectivity index (χ0n) is 24.8. The second-order valence-electron chi connectivity index (χ2n) is 10.1. The highest BCUT2D eigenvalue weighted by atomic mass is 35.5. The van der Waals surface area contributed by atoms with E-state index in [4.69, 9.17) is 32.7 Å². The van der Waals surface area contributed by atoms with Crippen molar-refractivity contribution in [2.75, 3.05) is 31.3 Å². The molecular weight excluding hydrogens is 613 g/mol. The second-order valence-corrected chi connectivity index (χ2v) is 12.8. The number of methoxy groups -OCH3 is 2. The average Bonchev–Trinajstić information content (AvgIpc) is 2.98. The van der Waals surface area contributed by atoms with Crippen LogP contribution in [0.4, 0.5) is 5.69 Å². The lowest BCUT2D eigenvalue weighted by atomic mass is 10.0. The van der Waals surface area contributed by atoms with Gasteiger partial charge in [-0.1, -0.05) is 66.5 Å². The molecule has 0 aliphatic rings. The molecule has 232 valence electrons. The second kappa shape index (κ2) is 15.3. The van der Waals surface area contributed by atoms with E-state index in [-0.39, 0.29) is 30.6 Å². The van der Waals surface area contributed by atoms with E-state index in [1.807, 2.05) is 44.2 Å². The van der Waals surface area contributed by atoms with E-state index >= 15 is 0 Å². The summed E-state index contributed by atoms with van der Waals surface area (Å²) >= 11 is 12.4. The Hall–Kier alpha value is -3.47. The fourth-order valence-corrected chi connectivity index (χ4v) is 5.59. The van der Waals surface area contributed by atoms with Crippen LogP contribution in [0.3, 0.4) is 0 Å². The van der Waals surface area contributed by atoms with Gasteiger partial charge in [0, 0.05) is 25.1 Å². The summed E-state index contributed by atoms with van der Waals surface area (Å²) in [6, 6.07) is 17.7. The van der Waals surface area contributed by atoms with Crippen molar-refractivity contribution >= 4 is 50.7 Å². The largest absolute Gasteiger partial charge is 0.493 e. The molecule has 0 bridgehead atoms. The van der Waals surface area contributed by atoms with Gasteiger partial charge in [0.05, 0.1) is 36.2 Å². The van der Waals surface area contributed by atoms with E-state index in [2.05, 4.69) is 5.32 Å². The van der Waals surface area contributed by atoms with Gasteiger partial charge in [0.15, 0.2) is 11.5 Å². The molecule has 1 N–H and O–H groups in total. The van der Waals surface area contributed by atoms with Crippen LogP contribution in [0.15, 0.2) is 66.7 Å². The Kier molecular flexibility index (Phi) is 12.1. The molecule has 12 heteroatoms. The first-order valence-corrected chi connectivity index (χ1v) is 16.3. The number of sulfonamides is 1. The molecule has 43 heavy (non-hydrogen) atoms. The lowest BCUT2D eigenvalue weighted by Gasteiger charge is -2.34. The van der Waals surface area contributed by atoms with Crippen molar-refractivity contribution in [2.24, 2.45) is 0 Å². The van der Waals surface area contributed by atoms with Gasteiger partial charge in [-0.2, -0.15) is 0 Å². The predicted octanol–water partition coefficient (Wildman–Crippen LogP) is 5.33. The van der Waals surface area contributed by atoms with Crippen molar-refractivity contribution in [1.82, 2.24) is 10.2 Å². The summed E-state index contributed by atoms with van der Waals surface area (Å²) in [4.78, 5) is 29.4. The first-order chi connectivity index (χ1) is 20.4. The molecule has 0 aliphatic heterocycles. The van der Waals surface area contributed by atoms with Crippen molar-refractivity contribution in [3.05, 3.63) is 87.9 Å². The monoisotopic (exact) mass is 649 g/mol. The number of nitrogens with zero attached hydrogens (tertiary/aromatic N) is 2. The number of hydrogen-bond donors (Lipinski definition) is 1. The highest BCUT2D eigenvalue weighted by molar-refractivity contribution is 7.92. The van der Waals surface area contributed by atoms with Crippen LogP contribution >= 0.6 is 23.2 Å². The number of benzene rings is 3. The summed E-state index contributed by atoms with van der Waals surface area (Å²) in [5, 5.41) is 3.63. The number of amides is 2. The third-order valence-corrected chi connectivity index (χ3v) is 8.82. The molecule has 0 fully saturated rings. The zero-order chi connectivity index (χ0) is 31.7. The molecular formula is C31H37Cl2N3O6S. The molecule has 3 aromatic carbocycles. The quantitative estimate of drug-likeness (QED) is 0.253. The molecule has 0 spiro atoms. The van der Waals surface area contributed by atoms with Gasteiger partial charge >= 0.3 is 0 Å². The van der Waals surface area contributed by atoms with Gasteiger partial charge in [0.25, 0.3) is 0 Å². The fourth-order valence-electron chi connectivity index (χ4n) is 4.42. The molecule has 0 saturated heterocycles. The Morgan fingerprint density at radius 2 is 1.58 bits per heavy atom. The Morgan fingerprint density at radius 3 is 2.16 bits per heavy atom. The number of carbonyl (C=O) groups is 2. The average molecular weight is 651 g/mol. The van der Waals surface area contributed by atoms with Crippen molar-refractivity contribution in [3.63, 3.8) is 0 Å². The van der Waals surface area contributed by atoms with Gasteiger partial charge in [-0.05, 0) is 48.7 Å². The molecule has 0 radical (unpaired) electrons. The van der Waals surface area contributed by atoms with E-state index in [9.17, 15) is 18.0 Å². The van der Waals surface area contributed by atoms with E-state index < -0.39 is 28.5 Å². The lowest BCUT2D eigenvalue weighted by Crippen LogP contribution is -2.54. The van der Waals surface area contributed by atoms with Crippen LogP contribution in [-0.4, -0.2) is 64.2 Å². The van der Waals surface area contributed by atoms with Crippen LogP contribution in [0, 0.1) is 0 Å². The maximum absolute atomic E-state index is 14.2. The normalized spacial score (nSPS) is 12.6. The zero-order valence-corrected chi connectivity index (χ0v) is 27.2. The van der Waals surface area contributed by atoms with Crippen molar-refractivity contribution in [2.45, 2.75) is 45.3 Å². The van der Waals surface area contributed by atoms with E-state index in [1.165, 1.54) is 31.3 Å². The number of hydrogen-bond acceptors (Lipinski definition) is 6. The smallest absolute Gasteiger partial charge is 0.244 e. The predicted molar refractivity (Wildman–Crippen MR) is 171 cm³/mol. The number of carbonyl (C=O) groups excluding carboxylic acids is 2. The minimum Gasteiger partial charge on any atom is -0.493 e. The molecule has 2 amide bonds. The van der Waals surface area contributed by atoms with Crippen LogP contribution in [0.1, 0.15) is 31.4 Å². The molecule has 0 heterocycles. The van der Waals surface area contributed by atoms with Gasteiger partial charge in [-0.25, -0.2) is 8.42 Å². The van der Waals surface area contributed by atoms with Gasteiger partial charge < -0.3 is 19.7 Å². The molecule has 3 rings (SSSR count). The molecule has 0 saturated carbocycles. The molecule has 2 atom stereocenters. The first kappa shape index (κ1) is 34.0. The first-order valence-electron chi connectivity index (χ1n) is 13.6. The highest BCUT2D eigenvalue weighted by Gasteiger charge is 2.33. The topological polar surface area (TPSA) is 105 Å². The van der Waals surface area contributed by atoms with Gasteiger partial charge in [0.1, 0.15) is 12.6 Å². The fraction of sp³-hybridized carbons (Fsp3) is 0.355. The molecule has 0 unspecified atom stereocenters. The number of ether oxygens (including phenoxy) is 2. The summed E-state index contributed by atoms with van der Waals surface area (Å²) in [6.45, 7) is 3.23. The van der Waals surface area contributed by atoms with Gasteiger partial charge in [-0.15, -0.1) is 0 Å². The van der Waals surface area contributed by atoms with Gasteiger partial charge in [0.2, 0.25) is 21.8 Å². The molecule has 3 aromatic rings. The van der Waals surface area contributed by atoms with Crippen LogP contribution < -0.4 is 19.1 Å². The van der Waals surface area contributed by atoms with E-state index in [1.54, 1.807) is 24.3 Å². The minimum absolute atomic E-state index is 0.0231. The SMILES string of the molecule is CC[C@H](C)NC(=O)[C@@H](Cc1ccccc1)N(Cc1ccc(Cl)c(Cl)c1)C(=O)CN(c1ccc(OC)c(OC)c1)S(C)(=O)=O.